The molecule has 266 valence electrons. The maximum Gasteiger partial charge on any atom is 0.482 e. The Balaban J connectivity index is 1.28. The van der Waals surface area contributed by atoms with Crippen molar-refractivity contribution in [3.8, 4) is 5.75 Å². The van der Waals surface area contributed by atoms with Crippen molar-refractivity contribution in [2.24, 2.45) is 17.3 Å². The van der Waals surface area contributed by atoms with Crippen LogP contribution in [0.5, 0.6) is 5.75 Å². The van der Waals surface area contributed by atoms with Crippen LogP contribution in [0.15, 0.2) is 18.2 Å². The molecule has 0 radical (unpaired) electrons. The Morgan fingerprint density at radius 3 is 2.27 bits per heavy atom. The molecule has 5 unspecified atom stereocenters. The molecule has 2 amide bonds. The van der Waals surface area contributed by atoms with E-state index < -0.39 is 35.8 Å². The molecular weight excluding hydrogens is 613 g/mol. The van der Waals surface area contributed by atoms with E-state index in [-0.39, 0.29) is 29.9 Å². The second-order valence-corrected chi connectivity index (χ2v) is 16.8. The number of methoxy groups -OCH3 is 1. The third-order valence-corrected chi connectivity index (χ3v) is 10.7. The molecule has 2 heterocycles. The average Bonchev–Trinajstić information content (AvgIpc) is 3.35. The highest BCUT2D eigenvalue weighted by Crippen LogP contribution is 2.65. The van der Waals surface area contributed by atoms with Crippen molar-refractivity contribution in [3.63, 3.8) is 0 Å². The Morgan fingerprint density at radius 2 is 1.67 bits per heavy atom. The molecule has 11 nitrogen and oxygen atoms in total. The lowest BCUT2D eigenvalue weighted by molar-refractivity contribution is -0.199. The molecular formula is C36H56BN3O8. The number of hydrogen-bond acceptors (Lipinski definition) is 9. The van der Waals surface area contributed by atoms with Gasteiger partial charge in [0.2, 0.25) is 5.91 Å². The van der Waals surface area contributed by atoms with E-state index in [1.54, 1.807) is 11.0 Å². The van der Waals surface area contributed by atoms with E-state index in [1.807, 2.05) is 53.7 Å². The van der Waals surface area contributed by atoms with Gasteiger partial charge >= 0.3 is 19.2 Å². The molecule has 12 heteroatoms. The van der Waals surface area contributed by atoms with Crippen molar-refractivity contribution < 1.29 is 37.9 Å². The third kappa shape index (κ3) is 7.81. The van der Waals surface area contributed by atoms with E-state index in [4.69, 9.17) is 23.5 Å². The highest BCUT2D eigenvalue weighted by atomic mass is 16.7. The van der Waals surface area contributed by atoms with Crippen molar-refractivity contribution in [3.05, 3.63) is 29.3 Å². The normalized spacial score (nSPS) is 27.4. The first-order valence-electron chi connectivity index (χ1n) is 17.5. The highest BCUT2D eigenvalue weighted by molar-refractivity contribution is 6.48. The number of rotatable bonds is 9. The molecule has 3 aliphatic carbocycles. The number of esters is 1. The summed E-state index contributed by atoms with van der Waals surface area (Å²) in [5, 5.41) is 3.24. The topological polar surface area (TPSA) is 116 Å². The van der Waals surface area contributed by atoms with Gasteiger partial charge in [-0.2, -0.15) is 0 Å². The van der Waals surface area contributed by atoms with Crippen LogP contribution < -0.4 is 10.1 Å². The Hall–Kier alpha value is -2.83. The van der Waals surface area contributed by atoms with Crippen LogP contribution >= 0.6 is 0 Å². The number of nitrogens with one attached hydrogen (secondary N) is 1. The molecule has 0 aromatic heterocycles. The average molecular weight is 670 g/mol. The molecule has 48 heavy (non-hydrogen) atoms. The van der Waals surface area contributed by atoms with Crippen molar-refractivity contribution in [2.75, 3.05) is 39.8 Å². The lowest BCUT2D eigenvalue weighted by Gasteiger charge is -2.64. The Labute approximate surface area is 286 Å². The van der Waals surface area contributed by atoms with Crippen LogP contribution in [0.3, 0.4) is 0 Å². The quantitative estimate of drug-likeness (QED) is 0.290. The molecule has 2 aliphatic heterocycles. The fourth-order valence-corrected chi connectivity index (χ4v) is 8.02. The summed E-state index contributed by atoms with van der Waals surface area (Å²) >= 11 is 0. The SMILES string of the molecule is COc1c(CC(NC(=O)CCN2CCN(C(=O)OC(C)(C)C)CC2)B2OC3CC4CC(C4(C)C)C3(C)O2)cccc1C(=O)OC(C)(C)C. The van der Waals surface area contributed by atoms with Crippen molar-refractivity contribution in [2.45, 2.75) is 117 Å². The van der Waals surface area contributed by atoms with Crippen molar-refractivity contribution in [1.29, 1.82) is 0 Å². The number of nitrogens with zero attached hydrogens (tertiary/aromatic N) is 2. The Kier molecular flexibility index (Phi) is 10.2. The van der Waals surface area contributed by atoms with Gasteiger partial charge in [0.25, 0.3) is 0 Å². The van der Waals surface area contributed by atoms with Gasteiger partial charge in [0, 0.05) is 39.1 Å². The first kappa shape index (κ1) is 36.5. The summed E-state index contributed by atoms with van der Waals surface area (Å²) < 4.78 is 30.4. The van der Waals surface area contributed by atoms with E-state index in [2.05, 4.69) is 31.0 Å². The Morgan fingerprint density at radius 1 is 1.00 bits per heavy atom. The summed E-state index contributed by atoms with van der Waals surface area (Å²) in [6.45, 7) is 20.9. The number of hydrogen-bond donors (Lipinski definition) is 1. The number of piperazine rings is 1. The zero-order chi connectivity index (χ0) is 35.2. The molecule has 5 aliphatic rings. The molecule has 6 rings (SSSR count). The highest BCUT2D eigenvalue weighted by Gasteiger charge is 2.68. The molecule has 3 saturated carbocycles. The van der Waals surface area contributed by atoms with E-state index in [1.165, 1.54) is 7.11 Å². The van der Waals surface area contributed by atoms with Crippen molar-refractivity contribution in [1.82, 2.24) is 15.1 Å². The van der Waals surface area contributed by atoms with Gasteiger partial charge in [-0.1, -0.05) is 26.0 Å². The molecule has 2 bridgehead atoms. The monoisotopic (exact) mass is 669 g/mol. The minimum absolute atomic E-state index is 0.0464. The molecule has 1 aromatic rings. The second kappa shape index (κ2) is 13.5. The zero-order valence-electron chi connectivity index (χ0n) is 30.6. The van der Waals surface area contributed by atoms with Crippen LogP contribution in [0.25, 0.3) is 0 Å². The van der Waals surface area contributed by atoms with Gasteiger partial charge in [-0.05, 0) is 96.6 Å². The fourth-order valence-electron chi connectivity index (χ4n) is 8.02. The smallest absolute Gasteiger partial charge is 0.482 e. The molecule has 0 spiro atoms. The van der Waals surface area contributed by atoms with Crippen LogP contribution in [0.4, 0.5) is 4.79 Å². The first-order valence-corrected chi connectivity index (χ1v) is 17.5. The lowest BCUT2D eigenvalue weighted by Crippen LogP contribution is -2.65. The van der Waals surface area contributed by atoms with Gasteiger partial charge in [-0.25, -0.2) is 9.59 Å². The van der Waals surface area contributed by atoms with E-state index in [0.29, 0.717) is 62.3 Å². The van der Waals surface area contributed by atoms with Crippen LogP contribution in [0.2, 0.25) is 0 Å². The minimum atomic E-state index is -0.664. The zero-order valence-corrected chi connectivity index (χ0v) is 30.6. The first-order chi connectivity index (χ1) is 22.3. The molecule has 1 aromatic carbocycles. The van der Waals surface area contributed by atoms with Gasteiger partial charge in [-0.3, -0.25) is 9.69 Å². The number of para-hydroxylation sites is 1. The van der Waals surface area contributed by atoms with Gasteiger partial charge in [0.05, 0.1) is 24.8 Å². The Bertz CT molecular complexity index is 1370. The number of benzene rings is 1. The predicted molar refractivity (Wildman–Crippen MR) is 183 cm³/mol. The van der Waals surface area contributed by atoms with Crippen LogP contribution in [-0.2, 0) is 30.0 Å². The fraction of sp³-hybridized carbons (Fsp3) is 0.750. The van der Waals surface area contributed by atoms with E-state index in [0.717, 1.165) is 18.4 Å². The number of carbonyl (C=O) groups is 3. The molecule has 2 saturated heterocycles. The second-order valence-electron chi connectivity index (χ2n) is 16.8. The summed E-state index contributed by atoms with van der Waals surface area (Å²) in [6, 6.07) is 5.40. The van der Waals surface area contributed by atoms with Gasteiger partial charge in [0.15, 0.2) is 0 Å². The van der Waals surface area contributed by atoms with Gasteiger partial charge in [0.1, 0.15) is 22.5 Å². The molecule has 1 N–H and O–H groups in total. The van der Waals surface area contributed by atoms with Gasteiger partial charge in [-0.15, -0.1) is 0 Å². The van der Waals surface area contributed by atoms with Crippen LogP contribution in [0, 0.1) is 17.3 Å². The van der Waals surface area contributed by atoms with Gasteiger partial charge < -0.3 is 33.7 Å². The molecule has 5 atom stereocenters. The summed E-state index contributed by atoms with van der Waals surface area (Å²) in [6.07, 6.45) is 2.33. The summed E-state index contributed by atoms with van der Waals surface area (Å²) in [5.74, 6) is 0.277. The minimum Gasteiger partial charge on any atom is -0.496 e. The standard InChI is InChI=1S/C36H56BN3O8/c1-33(2,3)45-31(42)25-13-11-12-23(30(25)44-10)20-28(37-47-27-22-24-21-26(35(24,7)8)36(27,9)48-37)38-29(41)14-15-39-16-18-40(19-17-39)32(43)46-34(4,5)6/h11-13,24,26-28H,14-22H2,1-10H3,(H,38,41). The third-order valence-electron chi connectivity index (χ3n) is 10.7. The lowest BCUT2D eigenvalue weighted by atomic mass is 9.43. The summed E-state index contributed by atoms with van der Waals surface area (Å²) in [4.78, 5) is 43.1. The number of amides is 2. The van der Waals surface area contributed by atoms with E-state index in [9.17, 15) is 14.4 Å². The maximum absolute atomic E-state index is 13.6. The summed E-state index contributed by atoms with van der Waals surface area (Å²) in [7, 11) is 0.877. The predicted octanol–water partition coefficient (Wildman–Crippen LogP) is 4.89. The van der Waals surface area contributed by atoms with Crippen molar-refractivity contribution >= 4 is 25.1 Å². The van der Waals surface area contributed by atoms with E-state index >= 15 is 0 Å². The molecule has 5 fully saturated rings. The largest absolute Gasteiger partial charge is 0.496 e. The number of ether oxygens (including phenoxy) is 3. The maximum atomic E-state index is 13.6. The van der Waals surface area contributed by atoms with Crippen LogP contribution in [0.1, 0.15) is 97.5 Å². The number of carbonyl (C=O) groups excluding carboxylic acids is 3. The van der Waals surface area contributed by atoms with Crippen LogP contribution in [-0.4, -0.2) is 104 Å². The summed E-state index contributed by atoms with van der Waals surface area (Å²) in [5.41, 5.74) is -0.383.